The van der Waals surface area contributed by atoms with Crippen molar-refractivity contribution in [3.63, 3.8) is 0 Å². The van der Waals surface area contributed by atoms with E-state index in [1.807, 2.05) is 0 Å². The van der Waals surface area contributed by atoms with Gasteiger partial charge in [-0.15, -0.1) is 0 Å². The molecule has 0 aromatic heterocycles. The van der Waals surface area contributed by atoms with Crippen LogP contribution in [0.5, 0.6) is 0 Å². The summed E-state index contributed by atoms with van der Waals surface area (Å²) in [5.74, 6) is 0. The van der Waals surface area contributed by atoms with Crippen molar-refractivity contribution in [3.05, 3.63) is 237 Å². The Labute approximate surface area is 334 Å². The standard InChI is InChI=1S/C56H39N/c1-2-16-44(17-3-1)49-21-8-9-23-51(49)52-24-10-11-25-53(52)54-26-12-13-27-56(54)57(55-28-14-20-45-18-6-7-22-50(45)55)48-37-35-42(36-38-48)41-29-31-43(32-30-41)47-34-33-40-15-4-5-19-46(40)39-47/h1-39H. The fourth-order valence-electron chi connectivity index (χ4n) is 8.27. The molecule has 10 aromatic carbocycles. The number of para-hydroxylation sites is 1. The van der Waals surface area contributed by atoms with Gasteiger partial charge in [-0.3, -0.25) is 0 Å². The van der Waals surface area contributed by atoms with Crippen LogP contribution in [0.3, 0.4) is 0 Å². The highest BCUT2D eigenvalue weighted by Crippen LogP contribution is 2.46. The zero-order valence-corrected chi connectivity index (χ0v) is 31.5. The summed E-state index contributed by atoms with van der Waals surface area (Å²) >= 11 is 0. The quantitative estimate of drug-likeness (QED) is 0.151. The van der Waals surface area contributed by atoms with Gasteiger partial charge in [0.05, 0.1) is 11.4 Å². The van der Waals surface area contributed by atoms with Crippen molar-refractivity contribution >= 4 is 38.6 Å². The van der Waals surface area contributed by atoms with Gasteiger partial charge in [-0.05, 0) is 96.6 Å². The summed E-state index contributed by atoms with van der Waals surface area (Å²) in [6.45, 7) is 0. The first-order valence-electron chi connectivity index (χ1n) is 19.6. The molecular formula is C56H39N. The average molecular weight is 726 g/mol. The smallest absolute Gasteiger partial charge is 0.0540 e. The van der Waals surface area contributed by atoms with E-state index in [4.69, 9.17) is 0 Å². The van der Waals surface area contributed by atoms with Crippen molar-refractivity contribution in [2.45, 2.75) is 0 Å². The van der Waals surface area contributed by atoms with Crippen LogP contribution in [0.1, 0.15) is 0 Å². The van der Waals surface area contributed by atoms with Crippen molar-refractivity contribution in [3.8, 4) is 55.6 Å². The van der Waals surface area contributed by atoms with E-state index in [2.05, 4.69) is 241 Å². The van der Waals surface area contributed by atoms with Gasteiger partial charge in [-0.25, -0.2) is 0 Å². The molecule has 0 bridgehead atoms. The summed E-state index contributed by atoms with van der Waals surface area (Å²) in [7, 11) is 0. The van der Waals surface area contributed by atoms with Gasteiger partial charge in [0.1, 0.15) is 0 Å². The van der Waals surface area contributed by atoms with Crippen molar-refractivity contribution in [2.75, 3.05) is 4.90 Å². The van der Waals surface area contributed by atoms with Gasteiger partial charge in [-0.1, -0.05) is 206 Å². The number of fused-ring (bicyclic) bond motifs is 2. The van der Waals surface area contributed by atoms with Crippen molar-refractivity contribution in [2.24, 2.45) is 0 Å². The van der Waals surface area contributed by atoms with Crippen LogP contribution in [0.2, 0.25) is 0 Å². The molecule has 0 heterocycles. The molecule has 1 heteroatoms. The van der Waals surface area contributed by atoms with Crippen LogP contribution >= 0.6 is 0 Å². The van der Waals surface area contributed by atoms with Crippen molar-refractivity contribution < 1.29 is 0 Å². The van der Waals surface area contributed by atoms with E-state index in [0.717, 1.165) is 22.6 Å². The molecule has 0 N–H and O–H groups in total. The van der Waals surface area contributed by atoms with E-state index in [-0.39, 0.29) is 0 Å². The van der Waals surface area contributed by atoms with Crippen molar-refractivity contribution in [1.29, 1.82) is 0 Å². The highest BCUT2D eigenvalue weighted by Gasteiger charge is 2.21. The third-order valence-corrected chi connectivity index (χ3v) is 11.1. The molecule has 0 fully saturated rings. The molecule has 10 rings (SSSR count). The fraction of sp³-hybridized carbons (Fsp3) is 0. The molecule has 1 nitrogen and oxygen atoms in total. The molecule has 0 aliphatic rings. The summed E-state index contributed by atoms with van der Waals surface area (Å²) in [6, 6.07) is 85.6. The van der Waals surface area contributed by atoms with E-state index in [1.54, 1.807) is 0 Å². The predicted octanol–water partition coefficient (Wildman–Crippen LogP) is 15.8. The Hall–Kier alpha value is -7.48. The Morgan fingerprint density at radius 2 is 0.684 bits per heavy atom. The molecule has 0 aliphatic heterocycles. The van der Waals surface area contributed by atoms with Crippen molar-refractivity contribution in [1.82, 2.24) is 0 Å². The Kier molecular flexibility index (Phi) is 8.95. The zero-order chi connectivity index (χ0) is 38.0. The molecule has 0 amide bonds. The summed E-state index contributed by atoms with van der Waals surface area (Å²) in [5.41, 5.74) is 15.3. The summed E-state index contributed by atoms with van der Waals surface area (Å²) in [4.78, 5) is 2.43. The number of nitrogens with zero attached hydrogens (tertiary/aromatic N) is 1. The van der Waals surface area contributed by atoms with Crippen LogP contribution in [0.15, 0.2) is 237 Å². The minimum atomic E-state index is 1.09. The summed E-state index contributed by atoms with van der Waals surface area (Å²) < 4.78 is 0. The number of hydrogen-bond donors (Lipinski definition) is 0. The number of rotatable bonds is 8. The van der Waals surface area contributed by atoms with E-state index in [1.165, 1.54) is 71.6 Å². The molecule has 0 atom stereocenters. The van der Waals surface area contributed by atoms with E-state index in [9.17, 15) is 0 Å². The van der Waals surface area contributed by atoms with Gasteiger partial charge in [0.2, 0.25) is 0 Å². The van der Waals surface area contributed by atoms with E-state index >= 15 is 0 Å². The second-order valence-corrected chi connectivity index (χ2v) is 14.5. The second kappa shape index (κ2) is 15.0. The third kappa shape index (κ3) is 6.56. The van der Waals surface area contributed by atoms with Gasteiger partial charge in [0, 0.05) is 16.6 Å². The van der Waals surface area contributed by atoms with Gasteiger partial charge in [-0.2, -0.15) is 0 Å². The van der Waals surface area contributed by atoms with Crippen LogP contribution in [0.4, 0.5) is 17.1 Å². The maximum atomic E-state index is 2.43. The Bertz CT molecular complexity index is 2990. The fourth-order valence-corrected chi connectivity index (χ4v) is 8.27. The Balaban J connectivity index is 1.08. The molecule has 0 saturated heterocycles. The normalized spacial score (nSPS) is 11.2. The second-order valence-electron chi connectivity index (χ2n) is 14.5. The van der Waals surface area contributed by atoms with E-state index in [0.29, 0.717) is 0 Å². The largest absolute Gasteiger partial charge is 0.309 e. The molecule has 0 radical (unpaired) electrons. The lowest BCUT2D eigenvalue weighted by Crippen LogP contribution is -2.12. The number of benzene rings is 10. The minimum Gasteiger partial charge on any atom is -0.309 e. The molecule has 0 unspecified atom stereocenters. The maximum Gasteiger partial charge on any atom is 0.0540 e. The topological polar surface area (TPSA) is 3.24 Å². The lowest BCUT2D eigenvalue weighted by Gasteiger charge is -2.29. The van der Waals surface area contributed by atoms with Gasteiger partial charge in [0.15, 0.2) is 0 Å². The summed E-state index contributed by atoms with van der Waals surface area (Å²) in [6.07, 6.45) is 0. The lowest BCUT2D eigenvalue weighted by atomic mass is 9.88. The molecule has 0 aliphatic carbocycles. The predicted molar refractivity (Wildman–Crippen MR) is 243 cm³/mol. The summed E-state index contributed by atoms with van der Waals surface area (Å²) in [5, 5.41) is 4.92. The highest BCUT2D eigenvalue weighted by molar-refractivity contribution is 6.03. The number of anilines is 3. The Morgan fingerprint density at radius 1 is 0.228 bits per heavy atom. The zero-order valence-electron chi connectivity index (χ0n) is 31.5. The first kappa shape index (κ1) is 34.0. The van der Waals surface area contributed by atoms with Crippen LogP contribution in [0.25, 0.3) is 77.2 Å². The van der Waals surface area contributed by atoms with Crippen LogP contribution in [-0.2, 0) is 0 Å². The molecule has 0 spiro atoms. The third-order valence-electron chi connectivity index (χ3n) is 11.1. The Morgan fingerprint density at radius 3 is 1.40 bits per heavy atom. The molecule has 57 heavy (non-hydrogen) atoms. The maximum absolute atomic E-state index is 2.43. The first-order chi connectivity index (χ1) is 28.3. The van der Waals surface area contributed by atoms with Crippen LogP contribution in [0, 0.1) is 0 Å². The molecule has 268 valence electrons. The first-order valence-corrected chi connectivity index (χ1v) is 19.6. The average Bonchev–Trinajstić information content (AvgIpc) is 3.30. The number of hydrogen-bond acceptors (Lipinski definition) is 1. The van der Waals surface area contributed by atoms with Crippen LogP contribution < -0.4 is 4.90 Å². The molecule has 10 aromatic rings. The SMILES string of the molecule is c1ccc(-c2ccccc2-c2ccccc2-c2ccccc2N(c2ccc(-c3ccc(-c4ccc5ccccc5c4)cc3)cc2)c2cccc3ccccc23)cc1. The molecular weight excluding hydrogens is 687 g/mol. The molecule has 0 saturated carbocycles. The minimum absolute atomic E-state index is 1.09. The van der Waals surface area contributed by atoms with Gasteiger partial charge < -0.3 is 4.90 Å². The van der Waals surface area contributed by atoms with E-state index < -0.39 is 0 Å². The highest BCUT2D eigenvalue weighted by atomic mass is 15.1. The van der Waals surface area contributed by atoms with Crippen LogP contribution in [-0.4, -0.2) is 0 Å². The van der Waals surface area contributed by atoms with Gasteiger partial charge >= 0.3 is 0 Å². The monoisotopic (exact) mass is 725 g/mol. The lowest BCUT2D eigenvalue weighted by molar-refractivity contribution is 1.30. The van der Waals surface area contributed by atoms with Gasteiger partial charge in [0.25, 0.3) is 0 Å².